The van der Waals surface area contributed by atoms with Gasteiger partial charge < -0.3 is 16.0 Å². The molecule has 5 nitrogen and oxygen atoms in total. The Bertz CT molecular complexity index is 815. The number of nitrogens with two attached hydrogens (primary N) is 1. The molecule has 0 aliphatic heterocycles. The van der Waals surface area contributed by atoms with Gasteiger partial charge in [0.15, 0.2) is 0 Å². The molecule has 5 heteroatoms. The molecule has 0 aliphatic rings. The number of nitrogens with one attached hydrogen (secondary N) is 2. The largest absolute Gasteiger partial charge is 0.399 e. The van der Waals surface area contributed by atoms with E-state index in [0.29, 0.717) is 17.2 Å². The molecular weight excluding hydrogens is 264 g/mol. The third-order valence-corrected chi connectivity index (χ3v) is 3.23. The first-order valence-electron chi connectivity index (χ1n) is 6.66. The zero-order chi connectivity index (χ0) is 15.0. The molecule has 1 aromatic carbocycles. The molecule has 0 atom stereocenters. The number of nitrogen functional groups attached to an aromatic ring is 1. The third-order valence-electron chi connectivity index (χ3n) is 3.23. The van der Waals surface area contributed by atoms with Gasteiger partial charge in [-0.05, 0) is 55.8 Å². The number of carbonyl (C=O) groups excluding carboxylic acids is 1. The Morgan fingerprint density at radius 3 is 2.76 bits per heavy atom. The van der Waals surface area contributed by atoms with Crippen LogP contribution in [0.1, 0.15) is 21.7 Å². The van der Waals surface area contributed by atoms with Gasteiger partial charge in [0.25, 0.3) is 5.91 Å². The van der Waals surface area contributed by atoms with Gasteiger partial charge in [-0.15, -0.1) is 0 Å². The van der Waals surface area contributed by atoms with Gasteiger partial charge in [-0.25, -0.2) is 4.98 Å². The topological polar surface area (TPSA) is 83.8 Å². The monoisotopic (exact) mass is 280 g/mol. The number of aryl methyl sites for hydroxylation is 2. The first-order valence-corrected chi connectivity index (χ1v) is 6.66. The molecule has 1 amide bonds. The summed E-state index contributed by atoms with van der Waals surface area (Å²) in [6.07, 6.45) is 0. The van der Waals surface area contributed by atoms with Crippen LogP contribution in [0.25, 0.3) is 10.9 Å². The minimum Gasteiger partial charge on any atom is -0.399 e. The van der Waals surface area contributed by atoms with Crippen LogP contribution in [0, 0.1) is 13.8 Å². The number of aromatic nitrogens is 2. The quantitative estimate of drug-likeness (QED) is 0.631. The lowest BCUT2D eigenvalue weighted by atomic mass is 10.2. The van der Waals surface area contributed by atoms with Gasteiger partial charge in [0.05, 0.1) is 0 Å². The normalized spacial score (nSPS) is 10.8. The molecule has 0 saturated heterocycles. The lowest BCUT2D eigenvalue weighted by molar-refractivity contribution is 0.102. The number of hydrogen-bond acceptors (Lipinski definition) is 3. The molecule has 0 saturated carbocycles. The van der Waals surface area contributed by atoms with E-state index < -0.39 is 0 Å². The van der Waals surface area contributed by atoms with Gasteiger partial charge in [0.2, 0.25) is 0 Å². The highest BCUT2D eigenvalue weighted by atomic mass is 16.1. The van der Waals surface area contributed by atoms with Crippen molar-refractivity contribution in [3.05, 3.63) is 53.3 Å². The highest BCUT2D eigenvalue weighted by Crippen LogP contribution is 2.19. The molecule has 2 heterocycles. The summed E-state index contributed by atoms with van der Waals surface area (Å²) in [7, 11) is 0. The number of rotatable bonds is 2. The summed E-state index contributed by atoms with van der Waals surface area (Å²) < 4.78 is 0. The maximum Gasteiger partial charge on any atom is 0.273 e. The summed E-state index contributed by atoms with van der Waals surface area (Å²) in [5.41, 5.74) is 9.70. The number of fused-ring (bicyclic) bond motifs is 1. The number of nitrogens with zero attached hydrogens (tertiary/aromatic N) is 1. The zero-order valence-corrected chi connectivity index (χ0v) is 11.9. The van der Waals surface area contributed by atoms with Crippen molar-refractivity contribution < 1.29 is 4.79 Å². The van der Waals surface area contributed by atoms with Gasteiger partial charge in [-0.1, -0.05) is 0 Å². The van der Waals surface area contributed by atoms with Crippen LogP contribution >= 0.6 is 0 Å². The van der Waals surface area contributed by atoms with Crippen molar-refractivity contribution in [1.82, 2.24) is 9.97 Å². The predicted octanol–water partition coefficient (Wildman–Crippen LogP) is 3.01. The molecule has 21 heavy (non-hydrogen) atoms. The maximum atomic E-state index is 12.3. The second-order valence-electron chi connectivity index (χ2n) is 5.15. The molecule has 0 spiro atoms. The minimum absolute atomic E-state index is 0.220. The van der Waals surface area contributed by atoms with E-state index in [1.807, 2.05) is 38.1 Å². The third kappa shape index (κ3) is 2.72. The number of H-pyrrole nitrogens is 1. The SMILES string of the molecule is Cc1cc(C)nc(NC(=O)c2cc3cc(N)ccc3[nH]2)c1. The van der Waals surface area contributed by atoms with Crippen LogP contribution in [-0.4, -0.2) is 15.9 Å². The fourth-order valence-corrected chi connectivity index (χ4v) is 2.36. The Balaban J connectivity index is 1.89. The van der Waals surface area contributed by atoms with Crippen molar-refractivity contribution in [2.75, 3.05) is 11.1 Å². The van der Waals surface area contributed by atoms with Crippen molar-refractivity contribution in [3.63, 3.8) is 0 Å². The summed E-state index contributed by atoms with van der Waals surface area (Å²) in [6.45, 7) is 3.87. The summed E-state index contributed by atoms with van der Waals surface area (Å²) in [5.74, 6) is 0.331. The average molecular weight is 280 g/mol. The van der Waals surface area contributed by atoms with Gasteiger partial charge in [0.1, 0.15) is 11.5 Å². The van der Waals surface area contributed by atoms with Crippen molar-refractivity contribution in [2.45, 2.75) is 13.8 Å². The maximum absolute atomic E-state index is 12.3. The lowest BCUT2D eigenvalue weighted by Gasteiger charge is -2.05. The van der Waals surface area contributed by atoms with Crippen LogP contribution in [0.15, 0.2) is 36.4 Å². The summed E-state index contributed by atoms with van der Waals surface area (Å²) >= 11 is 0. The highest BCUT2D eigenvalue weighted by Gasteiger charge is 2.11. The molecule has 2 aromatic heterocycles. The van der Waals surface area contributed by atoms with E-state index in [0.717, 1.165) is 22.2 Å². The molecular formula is C16H16N4O. The van der Waals surface area contributed by atoms with E-state index >= 15 is 0 Å². The molecule has 4 N–H and O–H groups in total. The van der Waals surface area contributed by atoms with Gasteiger partial charge in [0, 0.05) is 22.3 Å². The van der Waals surface area contributed by atoms with Crippen molar-refractivity contribution >= 4 is 28.3 Å². The Hall–Kier alpha value is -2.82. The molecule has 0 unspecified atom stereocenters. The van der Waals surface area contributed by atoms with Crippen molar-refractivity contribution in [1.29, 1.82) is 0 Å². The van der Waals surface area contributed by atoms with Gasteiger partial charge in [-0.2, -0.15) is 0 Å². The van der Waals surface area contributed by atoms with Crippen LogP contribution in [0.5, 0.6) is 0 Å². The fourth-order valence-electron chi connectivity index (χ4n) is 2.36. The molecule has 3 rings (SSSR count). The summed E-state index contributed by atoms with van der Waals surface area (Å²) in [4.78, 5) is 19.7. The van der Waals surface area contributed by atoms with Gasteiger partial charge in [-0.3, -0.25) is 4.79 Å². The second-order valence-corrected chi connectivity index (χ2v) is 5.15. The number of aromatic amines is 1. The predicted molar refractivity (Wildman–Crippen MR) is 84.4 cm³/mol. The van der Waals surface area contributed by atoms with E-state index in [4.69, 9.17) is 5.73 Å². The molecule has 0 aliphatic carbocycles. The first-order chi connectivity index (χ1) is 10.0. The van der Waals surface area contributed by atoms with E-state index in [-0.39, 0.29) is 5.91 Å². The summed E-state index contributed by atoms with van der Waals surface area (Å²) in [6, 6.07) is 11.1. The first kappa shape index (κ1) is 13.2. The molecule has 0 radical (unpaired) electrons. The number of pyridine rings is 1. The smallest absolute Gasteiger partial charge is 0.273 e. The van der Waals surface area contributed by atoms with Crippen molar-refractivity contribution in [3.8, 4) is 0 Å². The summed E-state index contributed by atoms with van der Waals surface area (Å²) in [5, 5.41) is 3.71. The lowest BCUT2D eigenvalue weighted by Crippen LogP contribution is -2.13. The van der Waals surface area contributed by atoms with E-state index in [9.17, 15) is 4.79 Å². The Morgan fingerprint density at radius 1 is 1.19 bits per heavy atom. The minimum atomic E-state index is -0.220. The Kier molecular flexibility index (Phi) is 3.10. The number of hydrogen-bond donors (Lipinski definition) is 3. The number of carbonyl (C=O) groups is 1. The van der Waals surface area contributed by atoms with E-state index in [2.05, 4.69) is 15.3 Å². The number of amides is 1. The average Bonchev–Trinajstić information content (AvgIpc) is 2.80. The Morgan fingerprint density at radius 2 is 2.00 bits per heavy atom. The standard InChI is InChI=1S/C16H16N4O/c1-9-5-10(2)18-15(6-9)20-16(21)14-8-11-7-12(17)3-4-13(11)19-14/h3-8,19H,17H2,1-2H3,(H,18,20,21). The number of benzene rings is 1. The second kappa shape index (κ2) is 4.94. The molecule has 106 valence electrons. The molecule has 3 aromatic rings. The fraction of sp³-hybridized carbons (Fsp3) is 0.125. The van der Waals surface area contributed by atoms with Crippen LogP contribution < -0.4 is 11.1 Å². The molecule has 0 bridgehead atoms. The zero-order valence-electron chi connectivity index (χ0n) is 11.9. The Labute approximate surface area is 122 Å². The van der Waals surface area contributed by atoms with E-state index in [1.165, 1.54) is 0 Å². The van der Waals surface area contributed by atoms with Crippen LogP contribution in [-0.2, 0) is 0 Å². The highest BCUT2D eigenvalue weighted by molar-refractivity contribution is 6.05. The van der Waals surface area contributed by atoms with E-state index in [1.54, 1.807) is 12.1 Å². The van der Waals surface area contributed by atoms with Crippen LogP contribution in [0.3, 0.4) is 0 Å². The van der Waals surface area contributed by atoms with Crippen LogP contribution in [0.2, 0.25) is 0 Å². The van der Waals surface area contributed by atoms with Crippen LogP contribution in [0.4, 0.5) is 11.5 Å². The molecule has 0 fully saturated rings. The van der Waals surface area contributed by atoms with Gasteiger partial charge >= 0.3 is 0 Å². The van der Waals surface area contributed by atoms with Crippen molar-refractivity contribution in [2.24, 2.45) is 0 Å². The number of anilines is 2.